The summed E-state index contributed by atoms with van der Waals surface area (Å²) in [6.07, 6.45) is 5.44. The SMILES string of the molecule is O=C(N[C@@H](c1ccccc1)C1CCC1)N1CCCC2(C1)OCCO2. The first kappa shape index (κ1) is 15.9. The van der Waals surface area contributed by atoms with Gasteiger partial charge >= 0.3 is 6.03 Å². The Morgan fingerprint density at radius 3 is 2.58 bits per heavy atom. The predicted octanol–water partition coefficient (Wildman–Crippen LogP) is 3.08. The van der Waals surface area contributed by atoms with Crippen LogP contribution in [0.4, 0.5) is 4.79 Å². The average Bonchev–Trinajstić information content (AvgIpc) is 3.01. The normalized spacial score (nSPS) is 24.6. The molecule has 1 N–H and O–H groups in total. The lowest BCUT2D eigenvalue weighted by atomic mass is 9.77. The van der Waals surface area contributed by atoms with Crippen LogP contribution in [-0.2, 0) is 9.47 Å². The van der Waals surface area contributed by atoms with Crippen LogP contribution in [0.5, 0.6) is 0 Å². The highest BCUT2D eigenvalue weighted by Gasteiger charge is 2.42. The van der Waals surface area contributed by atoms with Crippen LogP contribution < -0.4 is 5.32 Å². The van der Waals surface area contributed by atoms with Crippen molar-refractivity contribution in [3.05, 3.63) is 35.9 Å². The molecule has 3 aliphatic rings. The molecule has 2 amide bonds. The van der Waals surface area contributed by atoms with Gasteiger partial charge in [0.1, 0.15) is 0 Å². The number of likely N-dealkylation sites (tertiary alicyclic amines) is 1. The van der Waals surface area contributed by atoms with Gasteiger partial charge in [-0.2, -0.15) is 0 Å². The summed E-state index contributed by atoms with van der Waals surface area (Å²) in [5, 5.41) is 3.29. The van der Waals surface area contributed by atoms with Crippen LogP contribution >= 0.6 is 0 Å². The van der Waals surface area contributed by atoms with Crippen LogP contribution in [0.2, 0.25) is 0 Å². The van der Waals surface area contributed by atoms with E-state index in [1.54, 1.807) is 0 Å². The van der Waals surface area contributed by atoms with E-state index in [1.807, 2.05) is 23.1 Å². The highest BCUT2D eigenvalue weighted by molar-refractivity contribution is 5.75. The van der Waals surface area contributed by atoms with E-state index in [-0.39, 0.29) is 12.1 Å². The summed E-state index contributed by atoms with van der Waals surface area (Å²) in [7, 11) is 0. The molecule has 5 heteroatoms. The van der Waals surface area contributed by atoms with Crippen molar-refractivity contribution < 1.29 is 14.3 Å². The highest BCUT2D eigenvalue weighted by atomic mass is 16.7. The van der Waals surface area contributed by atoms with Gasteiger partial charge in [-0.25, -0.2) is 4.79 Å². The van der Waals surface area contributed by atoms with Crippen molar-refractivity contribution in [2.45, 2.75) is 43.9 Å². The molecule has 0 radical (unpaired) electrons. The van der Waals surface area contributed by atoms with E-state index < -0.39 is 5.79 Å². The van der Waals surface area contributed by atoms with E-state index in [0.29, 0.717) is 25.7 Å². The molecule has 0 aromatic heterocycles. The van der Waals surface area contributed by atoms with Gasteiger partial charge in [0, 0.05) is 13.0 Å². The lowest BCUT2D eigenvalue weighted by Gasteiger charge is -2.40. The number of amides is 2. The van der Waals surface area contributed by atoms with Crippen molar-refractivity contribution in [1.29, 1.82) is 0 Å². The van der Waals surface area contributed by atoms with Crippen molar-refractivity contribution in [1.82, 2.24) is 10.2 Å². The molecule has 1 saturated carbocycles. The number of piperidine rings is 1. The first-order valence-corrected chi connectivity index (χ1v) is 9.14. The zero-order valence-electron chi connectivity index (χ0n) is 14.1. The van der Waals surface area contributed by atoms with E-state index >= 15 is 0 Å². The molecule has 1 aromatic carbocycles. The predicted molar refractivity (Wildman–Crippen MR) is 90.5 cm³/mol. The molecule has 130 valence electrons. The van der Waals surface area contributed by atoms with Gasteiger partial charge in [-0.15, -0.1) is 0 Å². The molecule has 24 heavy (non-hydrogen) atoms. The van der Waals surface area contributed by atoms with Crippen LogP contribution in [-0.4, -0.2) is 43.0 Å². The number of nitrogens with one attached hydrogen (secondary N) is 1. The number of carbonyl (C=O) groups excluding carboxylic acids is 1. The Kier molecular flexibility index (Phi) is 4.46. The first-order valence-electron chi connectivity index (χ1n) is 9.14. The van der Waals surface area contributed by atoms with Crippen LogP contribution in [0.3, 0.4) is 0 Å². The minimum Gasteiger partial charge on any atom is -0.346 e. The molecular formula is C19H26N2O3. The molecule has 0 bridgehead atoms. The molecule has 2 heterocycles. The van der Waals surface area contributed by atoms with Gasteiger partial charge in [-0.05, 0) is 30.7 Å². The van der Waals surface area contributed by atoms with E-state index in [2.05, 4.69) is 17.4 Å². The second-order valence-electron chi connectivity index (χ2n) is 7.16. The molecular weight excluding hydrogens is 304 g/mol. The second-order valence-corrected chi connectivity index (χ2v) is 7.16. The monoisotopic (exact) mass is 330 g/mol. The maximum atomic E-state index is 12.9. The maximum Gasteiger partial charge on any atom is 0.318 e. The Labute approximate surface area is 143 Å². The van der Waals surface area contributed by atoms with Gasteiger partial charge in [0.05, 0.1) is 25.8 Å². The number of nitrogens with zero attached hydrogens (tertiary/aromatic N) is 1. The maximum absolute atomic E-state index is 12.9. The smallest absolute Gasteiger partial charge is 0.318 e. The molecule has 4 rings (SSSR count). The zero-order valence-corrected chi connectivity index (χ0v) is 14.1. The van der Waals surface area contributed by atoms with E-state index in [0.717, 1.165) is 19.4 Å². The summed E-state index contributed by atoms with van der Waals surface area (Å²) in [4.78, 5) is 14.7. The quantitative estimate of drug-likeness (QED) is 0.926. The molecule has 2 saturated heterocycles. The number of hydrogen-bond donors (Lipinski definition) is 1. The lowest BCUT2D eigenvalue weighted by Crippen LogP contribution is -2.54. The Morgan fingerprint density at radius 2 is 1.92 bits per heavy atom. The topological polar surface area (TPSA) is 50.8 Å². The number of hydrogen-bond acceptors (Lipinski definition) is 3. The van der Waals surface area contributed by atoms with Crippen LogP contribution in [0.25, 0.3) is 0 Å². The highest BCUT2D eigenvalue weighted by Crippen LogP contribution is 2.38. The summed E-state index contributed by atoms with van der Waals surface area (Å²) in [6.45, 7) is 2.56. The van der Waals surface area contributed by atoms with E-state index in [4.69, 9.17) is 9.47 Å². The molecule has 2 aliphatic heterocycles. The number of rotatable bonds is 3. The molecule has 1 spiro atoms. The fourth-order valence-corrected chi connectivity index (χ4v) is 4.03. The third kappa shape index (κ3) is 3.15. The van der Waals surface area contributed by atoms with Gasteiger partial charge < -0.3 is 19.7 Å². The fraction of sp³-hybridized carbons (Fsp3) is 0.632. The third-order valence-electron chi connectivity index (χ3n) is 5.58. The largest absolute Gasteiger partial charge is 0.346 e. The Balaban J connectivity index is 1.45. The molecule has 1 aliphatic carbocycles. The number of benzene rings is 1. The van der Waals surface area contributed by atoms with Gasteiger partial charge in [0.25, 0.3) is 0 Å². The lowest BCUT2D eigenvalue weighted by molar-refractivity contribution is -0.183. The second kappa shape index (κ2) is 6.73. The van der Waals surface area contributed by atoms with Gasteiger partial charge in [0.2, 0.25) is 0 Å². The van der Waals surface area contributed by atoms with Crippen molar-refractivity contribution in [2.24, 2.45) is 5.92 Å². The third-order valence-corrected chi connectivity index (χ3v) is 5.58. The Morgan fingerprint density at radius 1 is 1.17 bits per heavy atom. The van der Waals surface area contributed by atoms with E-state index in [1.165, 1.54) is 24.8 Å². The summed E-state index contributed by atoms with van der Waals surface area (Å²) >= 11 is 0. The van der Waals surface area contributed by atoms with Crippen molar-refractivity contribution >= 4 is 6.03 Å². The summed E-state index contributed by atoms with van der Waals surface area (Å²) < 4.78 is 11.6. The van der Waals surface area contributed by atoms with Crippen molar-refractivity contribution in [3.8, 4) is 0 Å². The van der Waals surface area contributed by atoms with Crippen molar-refractivity contribution in [3.63, 3.8) is 0 Å². The average molecular weight is 330 g/mol. The summed E-state index contributed by atoms with van der Waals surface area (Å²) in [6, 6.07) is 10.5. The van der Waals surface area contributed by atoms with Crippen LogP contribution in [0.15, 0.2) is 30.3 Å². The zero-order chi connectivity index (χ0) is 16.4. The molecule has 1 atom stereocenters. The standard InChI is InChI=1S/C19H26N2O3/c22-18(21-11-5-10-19(14-21)23-12-13-24-19)20-17(16-8-4-9-16)15-6-2-1-3-7-15/h1-3,6-7,16-17H,4-5,8-14H2,(H,20,22)/t17-/m0/s1. The minimum absolute atomic E-state index is 0.00827. The van der Waals surface area contributed by atoms with E-state index in [9.17, 15) is 4.79 Å². The summed E-state index contributed by atoms with van der Waals surface area (Å²) in [5.41, 5.74) is 1.20. The van der Waals surface area contributed by atoms with Gasteiger partial charge in [0.15, 0.2) is 5.79 Å². The molecule has 5 nitrogen and oxygen atoms in total. The fourth-order valence-electron chi connectivity index (χ4n) is 4.03. The number of carbonyl (C=O) groups is 1. The summed E-state index contributed by atoms with van der Waals surface area (Å²) in [5.74, 6) is -0.0111. The van der Waals surface area contributed by atoms with Gasteiger partial charge in [-0.1, -0.05) is 36.8 Å². The Bertz CT molecular complexity index is 567. The molecule has 1 aromatic rings. The van der Waals surface area contributed by atoms with Crippen molar-refractivity contribution in [2.75, 3.05) is 26.3 Å². The number of ether oxygens (including phenoxy) is 2. The molecule has 3 fully saturated rings. The number of urea groups is 1. The van der Waals surface area contributed by atoms with Gasteiger partial charge in [-0.3, -0.25) is 0 Å². The Hall–Kier alpha value is -1.59. The van der Waals surface area contributed by atoms with Crippen LogP contribution in [0, 0.1) is 5.92 Å². The van der Waals surface area contributed by atoms with Crippen LogP contribution in [0.1, 0.15) is 43.7 Å². The first-order chi connectivity index (χ1) is 11.8. The minimum atomic E-state index is -0.561. The molecule has 0 unspecified atom stereocenters.